The summed E-state index contributed by atoms with van der Waals surface area (Å²) in [6.07, 6.45) is 16.0. The van der Waals surface area contributed by atoms with Gasteiger partial charge in [0.15, 0.2) is 0 Å². The van der Waals surface area contributed by atoms with E-state index < -0.39 is 0 Å². The second-order valence-corrected chi connectivity index (χ2v) is 12.6. The predicted molar refractivity (Wildman–Crippen MR) is 199 cm³/mol. The van der Waals surface area contributed by atoms with E-state index in [0.717, 1.165) is 25.7 Å². The van der Waals surface area contributed by atoms with Crippen molar-refractivity contribution in [3.63, 3.8) is 0 Å². The third-order valence-corrected chi connectivity index (χ3v) is 9.94. The first-order chi connectivity index (χ1) is 22.8. The van der Waals surface area contributed by atoms with Gasteiger partial charge in [-0.15, -0.1) is 0 Å². The van der Waals surface area contributed by atoms with Crippen LogP contribution in [0.15, 0.2) is 152 Å². The molecule has 46 heavy (non-hydrogen) atoms. The Hall–Kier alpha value is -5.46. The number of rotatable bonds is 4. The van der Waals surface area contributed by atoms with Gasteiger partial charge in [0, 0.05) is 0 Å². The van der Waals surface area contributed by atoms with Gasteiger partial charge in [0.25, 0.3) is 0 Å². The highest BCUT2D eigenvalue weighted by molar-refractivity contribution is 6.11. The van der Waals surface area contributed by atoms with Gasteiger partial charge in [-0.2, -0.15) is 0 Å². The van der Waals surface area contributed by atoms with Gasteiger partial charge in [-0.05, 0) is 126 Å². The Morgan fingerprint density at radius 1 is 0.413 bits per heavy atom. The van der Waals surface area contributed by atoms with Crippen LogP contribution >= 0.6 is 0 Å². The van der Waals surface area contributed by atoms with Crippen molar-refractivity contribution in [1.82, 2.24) is 0 Å². The topological polar surface area (TPSA) is 0 Å². The first kappa shape index (κ1) is 26.9. The van der Waals surface area contributed by atoms with Crippen molar-refractivity contribution < 1.29 is 0 Å². The molecule has 2 aliphatic carbocycles. The van der Waals surface area contributed by atoms with Crippen LogP contribution in [0.4, 0.5) is 0 Å². The lowest BCUT2D eigenvalue weighted by molar-refractivity contribution is 0.991. The Balaban J connectivity index is 1.25. The van der Waals surface area contributed by atoms with E-state index in [2.05, 4.69) is 158 Å². The van der Waals surface area contributed by atoms with Crippen LogP contribution in [-0.4, -0.2) is 0 Å². The fourth-order valence-electron chi connectivity index (χ4n) is 7.83. The molecular formula is C46H34. The molecule has 0 nitrogen and oxygen atoms in total. The highest BCUT2D eigenvalue weighted by atomic mass is 14.3. The maximum absolute atomic E-state index is 2.42. The standard InChI is InChI=1S/C46H34/c1-2-14-32(15-3-1)37-27-28-38(40-20-7-6-19-39(37)40)34-17-12-18-35(30-34)45-41-21-8-10-23-43(41)46(44-24-11-9-22-42(44)45)36-26-25-31-13-4-5-16-33(31)29-36/h2,4-10,12-23,25-30H,1,3,11,24H2. The molecule has 0 saturated carbocycles. The van der Waals surface area contributed by atoms with Crippen LogP contribution in [0.3, 0.4) is 0 Å². The van der Waals surface area contributed by atoms with Gasteiger partial charge in [-0.3, -0.25) is 0 Å². The highest BCUT2D eigenvalue weighted by Crippen LogP contribution is 2.46. The van der Waals surface area contributed by atoms with Gasteiger partial charge in [0.05, 0.1) is 0 Å². The zero-order valence-corrected chi connectivity index (χ0v) is 25.8. The van der Waals surface area contributed by atoms with Crippen LogP contribution in [0.5, 0.6) is 0 Å². The largest absolute Gasteiger partial charge is 0.0836 e. The first-order valence-electron chi connectivity index (χ1n) is 16.6. The summed E-state index contributed by atoms with van der Waals surface area (Å²) in [7, 11) is 0. The molecule has 0 amide bonds. The van der Waals surface area contributed by atoms with E-state index in [1.54, 1.807) is 0 Å². The molecular weight excluding hydrogens is 553 g/mol. The SMILES string of the molecule is C1=CC(c2ccc(-c3cccc(-c4c5c(c(-c6ccc7ccccc7c6)c6ccccc46)CCC=C5)c3)c3ccccc23)=CCC1. The minimum absolute atomic E-state index is 1.04. The Bertz CT molecular complexity index is 2410. The number of fused-ring (bicyclic) bond motifs is 4. The Morgan fingerprint density at radius 2 is 1.09 bits per heavy atom. The lowest BCUT2D eigenvalue weighted by Gasteiger charge is -2.24. The molecule has 0 heterocycles. The molecule has 0 aromatic heterocycles. The summed E-state index contributed by atoms with van der Waals surface area (Å²) in [5, 5.41) is 7.82. The summed E-state index contributed by atoms with van der Waals surface area (Å²) >= 11 is 0. The number of benzene rings is 7. The molecule has 0 fully saturated rings. The monoisotopic (exact) mass is 586 g/mol. The Labute approximate surface area is 270 Å². The summed E-state index contributed by atoms with van der Waals surface area (Å²) in [4.78, 5) is 0. The van der Waals surface area contributed by atoms with E-state index in [1.807, 2.05) is 0 Å². The average molecular weight is 587 g/mol. The molecule has 0 unspecified atom stereocenters. The molecule has 0 radical (unpaired) electrons. The normalized spacial score (nSPS) is 14.1. The lowest BCUT2D eigenvalue weighted by atomic mass is 9.79. The first-order valence-corrected chi connectivity index (χ1v) is 16.6. The van der Waals surface area contributed by atoms with E-state index in [1.165, 1.54) is 88.0 Å². The van der Waals surface area contributed by atoms with Crippen LogP contribution in [0.2, 0.25) is 0 Å². The molecule has 0 spiro atoms. The van der Waals surface area contributed by atoms with E-state index >= 15 is 0 Å². The van der Waals surface area contributed by atoms with Crippen LogP contribution in [-0.2, 0) is 6.42 Å². The Morgan fingerprint density at radius 3 is 1.91 bits per heavy atom. The van der Waals surface area contributed by atoms with Gasteiger partial charge < -0.3 is 0 Å². The predicted octanol–water partition coefficient (Wildman–Crippen LogP) is 12.8. The maximum atomic E-state index is 2.42. The van der Waals surface area contributed by atoms with Crippen LogP contribution in [0, 0.1) is 0 Å². The molecule has 0 atom stereocenters. The van der Waals surface area contributed by atoms with Crippen molar-refractivity contribution in [3.8, 4) is 33.4 Å². The van der Waals surface area contributed by atoms with Crippen molar-refractivity contribution in [2.45, 2.75) is 25.7 Å². The van der Waals surface area contributed by atoms with Crippen LogP contribution in [0.25, 0.3) is 77.3 Å². The van der Waals surface area contributed by atoms with Gasteiger partial charge in [0.2, 0.25) is 0 Å². The number of hydrogen-bond acceptors (Lipinski definition) is 0. The minimum atomic E-state index is 1.04. The fourth-order valence-corrected chi connectivity index (χ4v) is 7.83. The highest BCUT2D eigenvalue weighted by Gasteiger charge is 2.22. The van der Waals surface area contributed by atoms with Crippen molar-refractivity contribution in [3.05, 3.63) is 168 Å². The molecule has 9 rings (SSSR count). The summed E-state index contributed by atoms with van der Waals surface area (Å²) in [5.74, 6) is 0. The zero-order valence-electron chi connectivity index (χ0n) is 25.8. The summed E-state index contributed by atoms with van der Waals surface area (Å²) < 4.78 is 0. The summed E-state index contributed by atoms with van der Waals surface area (Å²) in [6, 6.07) is 47.5. The quantitative estimate of drug-likeness (QED) is 0.192. The third-order valence-electron chi connectivity index (χ3n) is 9.94. The van der Waals surface area contributed by atoms with Gasteiger partial charge >= 0.3 is 0 Å². The molecule has 7 aromatic carbocycles. The van der Waals surface area contributed by atoms with Gasteiger partial charge in [-0.25, -0.2) is 0 Å². The molecule has 0 N–H and O–H groups in total. The van der Waals surface area contributed by atoms with Crippen LogP contribution in [0.1, 0.15) is 36.0 Å². The Kier molecular flexibility index (Phi) is 6.53. The maximum Gasteiger partial charge on any atom is -0.00295 e. The van der Waals surface area contributed by atoms with Gasteiger partial charge in [-0.1, -0.05) is 146 Å². The summed E-state index contributed by atoms with van der Waals surface area (Å²) in [5.41, 5.74) is 13.3. The minimum Gasteiger partial charge on any atom is -0.0836 e. The van der Waals surface area contributed by atoms with E-state index in [-0.39, 0.29) is 0 Å². The molecule has 0 bridgehead atoms. The van der Waals surface area contributed by atoms with Crippen molar-refractivity contribution in [2.24, 2.45) is 0 Å². The molecule has 0 aliphatic heterocycles. The molecule has 0 heteroatoms. The third kappa shape index (κ3) is 4.44. The van der Waals surface area contributed by atoms with Crippen molar-refractivity contribution >= 4 is 44.0 Å². The lowest BCUT2D eigenvalue weighted by Crippen LogP contribution is -2.02. The van der Waals surface area contributed by atoms with Crippen molar-refractivity contribution in [2.75, 3.05) is 0 Å². The second kappa shape index (κ2) is 11.2. The molecule has 0 saturated heterocycles. The number of hydrogen-bond donors (Lipinski definition) is 0. The van der Waals surface area contributed by atoms with Crippen LogP contribution < -0.4 is 0 Å². The smallest absolute Gasteiger partial charge is 0.00295 e. The average Bonchev–Trinajstić information content (AvgIpc) is 3.13. The molecule has 7 aromatic rings. The molecule has 218 valence electrons. The fraction of sp³-hybridized carbons (Fsp3) is 0.0870. The van der Waals surface area contributed by atoms with E-state index in [9.17, 15) is 0 Å². The van der Waals surface area contributed by atoms with E-state index in [4.69, 9.17) is 0 Å². The number of allylic oxidation sites excluding steroid dienone is 5. The van der Waals surface area contributed by atoms with Gasteiger partial charge in [0.1, 0.15) is 0 Å². The zero-order chi connectivity index (χ0) is 30.5. The van der Waals surface area contributed by atoms with Crippen molar-refractivity contribution in [1.29, 1.82) is 0 Å². The summed E-state index contributed by atoms with van der Waals surface area (Å²) in [6.45, 7) is 0. The second-order valence-electron chi connectivity index (χ2n) is 12.6. The van der Waals surface area contributed by atoms with E-state index in [0.29, 0.717) is 0 Å². The molecule has 2 aliphatic rings.